The third kappa shape index (κ3) is 0.734. The minimum absolute atomic E-state index is 1.51. The van der Waals surface area contributed by atoms with Crippen molar-refractivity contribution in [3.63, 3.8) is 0 Å². The van der Waals surface area contributed by atoms with E-state index < -0.39 is 0 Å². The fourth-order valence-electron chi connectivity index (χ4n) is 0.369. The molecule has 1 aromatic heterocycles. The van der Waals surface area contributed by atoms with Crippen LogP contribution in [-0.4, -0.2) is 15.1 Å². The Morgan fingerprint density at radius 3 is 2.57 bits per heavy atom. The molecule has 0 saturated carbocycles. The highest BCUT2D eigenvalue weighted by Gasteiger charge is 1.78. The van der Waals surface area contributed by atoms with Crippen LogP contribution in [0.15, 0.2) is 0 Å². The molecule has 4 heteroatoms. The van der Waals surface area contributed by atoms with E-state index in [4.69, 9.17) is 0 Å². The van der Waals surface area contributed by atoms with Crippen LogP contribution in [0.5, 0.6) is 0 Å². The minimum atomic E-state index is 1.51. The van der Waals surface area contributed by atoms with Crippen LogP contribution >= 0.6 is 0 Å². The molecule has 38 valence electrons. The minimum Gasteiger partial charge on any atom is -0.316 e. The highest BCUT2D eigenvalue weighted by Crippen LogP contribution is 1.54. The van der Waals surface area contributed by atoms with Gasteiger partial charge in [0.15, 0.2) is 0 Å². The van der Waals surface area contributed by atoms with E-state index in [2.05, 4.69) is 16.8 Å². The zero-order chi connectivity index (χ0) is 5.28. The van der Waals surface area contributed by atoms with Crippen LogP contribution in [0.1, 0.15) is 0 Å². The van der Waals surface area contributed by atoms with Crippen molar-refractivity contribution >= 4 is 0 Å². The zero-order valence-corrected chi connectivity index (χ0v) is 4.29. The summed E-state index contributed by atoms with van der Waals surface area (Å²) in [6.45, 7) is 0. The van der Waals surface area contributed by atoms with Gasteiger partial charge in [-0.1, -0.05) is 6.33 Å². The predicted octanol–water partition coefficient (Wildman–Crippen LogP) is -1.56. The SMILES string of the molecule is Cn1[c-][n+](C)nn1. The molecule has 1 heterocycles. The second kappa shape index (κ2) is 1.29. The molecule has 0 radical (unpaired) electrons. The molecule has 0 amide bonds. The van der Waals surface area contributed by atoms with Crippen LogP contribution < -0.4 is 4.68 Å². The van der Waals surface area contributed by atoms with Crippen molar-refractivity contribution in [1.29, 1.82) is 0 Å². The normalized spacial score (nSPS) is 9.43. The average molecular weight is 98.1 g/mol. The molecule has 0 aromatic carbocycles. The number of rotatable bonds is 0. The van der Waals surface area contributed by atoms with Gasteiger partial charge < -0.3 is 4.68 Å². The Morgan fingerprint density at radius 2 is 2.43 bits per heavy atom. The first-order chi connectivity index (χ1) is 3.29. The van der Waals surface area contributed by atoms with Crippen LogP contribution in [0.25, 0.3) is 0 Å². The fraction of sp³-hybridized carbons (Fsp3) is 0.667. The first-order valence-electron chi connectivity index (χ1n) is 1.94. The number of aromatic nitrogens is 4. The molecular weight excluding hydrogens is 92.1 g/mol. The topological polar surface area (TPSA) is 34.6 Å². The van der Waals surface area contributed by atoms with E-state index in [1.54, 1.807) is 14.1 Å². The lowest BCUT2D eigenvalue weighted by molar-refractivity contribution is -0.735. The Hall–Kier alpha value is -0.930. The van der Waals surface area contributed by atoms with Gasteiger partial charge in [-0.15, -0.1) is 0 Å². The van der Waals surface area contributed by atoms with E-state index in [9.17, 15) is 0 Å². The van der Waals surface area contributed by atoms with Gasteiger partial charge in [0.2, 0.25) is 0 Å². The van der Waals surface area contributed by atoms with Gasteiger partial charge in [0.1, 0.15) is 5.21 Å². The zero-order valence-electron chi connectivity index (χ0n) is 4.29. The summed E-state index contributed by atoms with van der Waals surface area (Å²) in [5, 5.41) is 7.18. The van der Waals surface area contributed by atoms with Gasteiger partial charge in [-0.25, -0.2) is 0 Å². The number of tetrazole rings is 1. The van der Waals surface area contributed by atoms with Crippen LogP contribution in [0.2, 0.25) is 0 Å². The van der Waals surface area contributed by atoms with Gasteiger partial charge in [0.05, 0.1) is 12.3 Å². The second-order valence-electron chi connectivity index (χ2n) is 1.33. The molecule has 0 atom stereocenters. The monoisotopic (exact) mass is 98.1 g/mol. The first kappa shape index (κ1) is 4.23. The van der Waals surface area contributed by atoms with E-state index in [0.29, 0.717) is 0 Å². The number of hydrogen-bond acceptors (Lipinski definition) is 2. The number of nitrogens with zero attached hydrogens (tertiary/aromatic N) is 4. The summed E-state index contributed by atoms with van der Waals surface area (Å²) in [6, 6.07) is 0. The molecule has 1 rings (SSSR count). The number of hydrogen-bond donors (Lipinski definition) is 0. The van der Waals surface area contributed by atoms with Crippen molar-refractivity contribution in [2.45, 2.75) is 0 Å². The molecule has 0 N–H and O–H groups in total. The molecule has 1 aromatic rings. The molecule has 0 aliphatic carbocycles. The van der Waals surface area contributed by atoms with Gasteiger partial charge in [0.25, 0.3) is 0 Å². The lowest BCUT2D eigenvalue weighted by Crippen LogP contribution is -2.29. The van der Waals surface area contributed by atoms with Gasteiger partial charge in [-0.3, -0.25) is 4.68 Å². The fourth-order valence-corrected chi connectivity index (χ4v) is 0.369. The van der Waals surface area contributed by atoms with Crippen molar-refractivity contribution in [2.75, 3.05) is 0 Å². The van der Waals surface area contributed by atoms with Crippen molar-refractivity contribution in [3.05, 3.63) is 6.33 Å². The first-order valence-corrected chi connectivity index (χ1v) is 1.94. The summed E-state index contributed by atoms with van der Waals surface area (Å²) in [5.74, 6) is 0. The third-order valence-corrected chi connectivity index (χ3v) is 0.598. The summed E-state index contributed by atoms with van der Waals surface area (Å²) >= 11 is 0. The van der Waals surface area contributed by atoms with Crippen molar-refractivity contribution in [3.8, 4) is 0 Å². The molecule has 0 aliphatic heterocycles. The Labute approximate surface area is 41.4 Å². The van der Waals surface area contributed by atoms with E-state index in [0.717, 1.165) is 0 Å². The maximum atomic E-state index is 3.59. The highest BCUT2D eigenvalue weighted by atomic mass is 15.6. The summed E-state index contributed by atoms with van der Waals surface area (Å²) < 4.78 is 3.03. The molecule has 0 spiro atoms. The Bertz CT molecular complexity index is 139. The molecule has 0 fully saturated rings. The van der Waals surface area contributed by atoms with Crippen molar-refractivity contribution in [2.24, 2.45) is 14.1 Å². The summed E-state index contributed by atoms with van der Waals surface area (Å²) in [5.41, 5.74) is 0. The molecule has 0 saturated heterocycles. The van der Waals surface area contributed by atoms with Crippen molar-refractivity contribution in [1.82, 2.24) is 15.1 Å². The largest absolute Gasteiger partial charge is 0.316 e. The van der Waals surface area contributed by atoms with Gasteiger partial charge in [0, 0.05) is 7.05 Å². The van der Waals surface area contributed by atoms with E-state index >= 15 is 0 Å². The Balaban J connectivity index is 3.04. The smallest absolute Gasteiger partial charge is 0.127 e. The van der Waals surface area contributed by atoms with Crippen LogP contribution in [0.4, 0.5) is 0 Å². The standard InChI is InChI=1S/C3H6N4/c1-6-3-7(2)5-4-6/h1-2H3. The molecule has 4 nitrogen and oxygen atoms in total. The molecule has 0 unspecified atom stereocenters. The molecule has 7 heavy (non-hydrogen) atoms. The van der Waals surface area contributed by atoms with Crippen LogP contribution in [0, 0.1) is 6.33 Å². The van der Waals surface area contributed by atoms with E-state index in [-0.39, 0.29) is 0 Å². The molecule has 0 aliphatic rings. The lowest BCUT2D eigenvalue weighted by atomic mass is 11.1. The maximum Gasteiger partial charge on any atom is 0.127 e. The highest BCUT2D eigenvalue weighted by molar-refractivity contribution is 4.19. The summed E-state index contributed by atoms with van der Waals surface area (Å²) in [7, 11) is 3.54. The number of aryl methyl sites for hydroxylation is 2. The van der Waals surface area contributed by atoms with E-state index in [1.807, 2.05) is 0 Å². The average Bonchev–Trinajstić information content (AvgIpc) is 1.87. The predicted molar refractivity (Wildman–Crippen MR) is 21.0 cm³/mol. The quantitative estimate of drug-likeness (QED) is 0.290. The van der Waals surface area contributed by atoms with Gasteiger partial charge >= 0.3 is 0 Å². The third-order valence-electron chi connectivity index (χ3n) is 0.598. The lowest BCUT2D eigenvalue weighted by Gasteiger charge is -1.83. The van der Waals surface area contributed by atoms with Gasteiger partial charge in [-0.05, 0) is 0 Å². The van der Waals surface area contributed by atoms with E-state index in [1.165, 1.54) is 9.36 Å². The second-order valence-corrected chi connectivity index (χ2v) is 1.33. The Morgan fingerprint density at radius 1 is 1.71 bits per heavy atom. The maximum absolute atomic E-state index is 3.59. The summed E-state index contributed by atoms with van der Waals surface area (Å²) in [4.78, 5) is 0. The van der Waals surface area contributed by atoms with Crippen molar-refractivity contribution < 1.29 is 4.68 Å². The van der Waals surface area contributed by atoms with Gasteiger partial charge in [-0.2, -0.15) is 0 Å². The Kier molecular flexibility index (Phi) is 0.780. The summed E-state index contributed by atoms with van der Waals surface area (Å²) in [6.07, 6.45) is 2.75. The molecular formula is C3H6N4. The van der Waals surface area contributed by atoms with Crippen LogP contribution in [-0.2, 0) is 14.1 Å². The van der Waals surface area contributed by atoms with Crippen LogP contribution in [0.3, 0.4) is 0 Å². The molecule has 0 bridgehead atoms.